The van der Waals surface area contributed by atoms with Gasteiger partial charge >= 0.3 is 0 Å². The highest BCUT2D eigenvalue weighted by Crippen LogP contribution is 2.20. The number of aromatic nitrogens is 2. The SMILES string of the molecule is O=C(Nc1ncc(Br)nc1Br)c1ccc(Br)cc1. The minimum atomic E-state index is -0.236. The molecule has 0 radical (unpaired) electrons. The Hall–Kier alpha value is -0.790. The average Bonchev–Trinajstić information content (AvgIpc) is 2.33. The fourth-order valence-corrected chi connectivity index (χ4v) is 2.39. The molecule has 0 spiro atoms. The Bertz CT molecular complexity index is 587. The largest absolute Gasteiger partial charge is 0.304 e. The molecule has 0 atom stereocenters. The Labute approximate surface area is 129 Å². The number of anilines is 1. The van der Waals surface area contributed by atoms with Crippen LogP contribution in [-0.4, -0.2) is 15.9 Å². The molecule has 1 aromatic heterocycles. The number of carbonyl (C=O) groups excluding carboxylic acids is 1. The Balaban J connectivity index is 2.18. The van der Waals surface area contributed by atoms with Crippen molar-refractivity contribution in [3.05, 3.63) is 49.7 Å². The number of hydrogen-bond donors (Lipinski definition) is 1. The maximum absolute atomic E-state index is 11.9. The number of halogens is 3. The summed E-state index contributed by atoms with van der Waals surface area (Å²) in [4.78, 5) is 20.1. The Morgan fingerprint density at radius 3 is 2.39 bits per heavy atom. The second-order valence-electron chi connectivity index (χ2n) is 3.29. The van der Waals surface area contributed by atoms with E-state index in [0.29, 0.717) is 20.6 Å². The Kier molecular flexibility index (Phi) is 4.47. The van der Waals surface area contributed by atoms with Crippen molar-refractivity contribution in [2.75, 3.05) is 5.32 Å². The predicted molar refractivity (Wildman–Crippen MR) is 79.5 cm³/mol. The average molecular weight is 436 g/mol. The third-order valence-electron chi connectivity index (χ3n) is 2.04. The highest BCUT2D eigenvalue weighted by Gasteiger charge is 2.10. The number of amides is 1. The van der Waals surface area contributed by atoms with Crippen LogP contribution in [0.4, 0.5) is 5.82 Å². The lowest BCUT2D eigenvalue weighted by Crippen LogP contribution is -2.13. The smallest absolute Gasteiger partial charge is 0.256 e. The third-order valence-corrected chi connectivity index (χ3v) is 3.50. The number of carbonyl (C=O) groups is 1. The zero-order valence-electron chi connectivity index (χ0n) is 8.82. The maximum Gasteiger partial charge on any atom is 0.256 e. The van der Waals surface area contributed by atoms with E-state index in [4.69, 9.17) is 0 Å². The topological polar surface area (TPSA) is 54.9 Å². The summed E-state index contributed by atoms with van der Waals surface area (Å²) in [5.74, 6) is 0.144. The van der Waals surface area contributed by atoms with Crippen molar-refractivity contribution in [3.8, 4) is 0 Å². The summed E-state index contributed by atoms with van der Waals surface area (Å²) in [5.41, 5.74) is 0.551. The van der Waals surface area contributed by atoms with Gasteiger partial charge < -0.3 is 5.32 Å². The van der Waals surface area contributed by atoms with Gasteiger partial charge in [-0.3, -0.25) is 4.79 Å². The zero-order chi connectivity index (χ0) is 13.1. The van der Waals surface area contributed by atoms with Gasteiger partial charge in [0, 0.05) is 10.0 Å². The summed E-state index contributed by atoms with van der Waals surface area (Å²) in [6.45, 7) is 0. The number of nitrogens with one attached hydrogen (secondary N) is 1. The number of benzene rings is 1. The van der Waals surface area contributed by atoms with E-state index in [1.807, 2.05) is 0 Å². The molecule has 1 aromatic carbocycles. The minimum absolute atomic E-state index is 0.236. The molecule has 0 saturated heterocycles. The molecule has 0 fully saturated rings. The quantitative estimate of drug-likeness (QED) is 0.775. The van der Waals surface area contributed by atoms with Crippen LogP contribution in [0.3, 0.4) is 0 Å². The van der Waals surface area contributed by atoms with Crippen LogP contribution in [0.5, 0.6) is 0 Å². The molecule has 0 bridgehead atoms. The van der Waals surface area contributed by atoms with Crippen molar-refractivity contribution >= 4 is 59.5 Å². The van der Waals surface area contributed by atoms with Gasteiger partial charge in [-0.2, -0.15) is 0 Å². The van der Waals surface area contributed by atoms with Crippen LogP contribution >= 0.6 is 47.8 Å². The van der Waals surface area contributed by atoms with Crippen molar-refractivity contribution in [2.45, 2.75) is 0 Å². The molecule has 1 N–H and O–H groups in total. The van der Waals surface area contributed by atoms with Crippen LogP contribution in [0.15, 0.2) is 44.1 Å². The van der Waals surface area contributed by atoms with E-state index in [1.165, 1.54) is 6.20 Å². The predicted octanol–water partition coefficient (Wildman–Crippen LogP) is 4.02. The second kappa shape index (κ2) is 5.90. The fourth-order valence-electron chi connectivity index (χ4n) is 1.21. The van der Waals surface area contributed by atoms with Gasteiger partial charge in [0.15, 0.2) is 5.82 Å². The van der Waals surface area contributed by atoms with Gasteiger partial charge in [-0.05, 0) is 56.1 Å². The third kappa shape index (κ3) is 3.37. The van der Waals surface area contributed by atoms with E-state index >= 15 is 0 Å². The van der Waals surface area contributed by atoms with Crippen LogP contribution in [0, 0.1) is 0 Å². The molecule has 2 rings (SSSR count). The molecular formula is C11H6Br3N3O. The van der Waals surface area contributed by atoms with Gasteiger partial charge in [-0.1, -0.05) is 15.9 Å². The highest BCUT2D eigenvalue weighted by atomic mass is 79.9. The second-order valence-corrected chi connectivity index (χ2v) is 5.77. The zero-order valence-corrected chi connectivity index (χ0v) is 13.6. The van der Waals surface area contributed by atoms with Crippen LogP contribution in [-0.2, 0) is 0 Å². The monoisotopic (exact) mass is 433 g/mol. The van der Waals surface area contributed by atoms with Gasteiger partial charge in [0.2, 0.25) is 0 Å². The first-order valence-electron chi connectivity index (χ1n) is 4.81. The first-order chi connectivity index (χ1) is 8.56. The molecule has 92 valence electrons. The van der Waals surface area contributed by atoms with Crippen molar-refractivity contribution in [3.63, 3.8) is 0 Å². The first-order valence-corrected chi connectivity index (χ1v) is 7.19. The summed E-state index contributed by atoms with van der Waals surface area (Å²) in [6.07, 6.45) is 1.52. The van der Waals surface area contributed by atoms with Gasteiger partial charge in [0.05, 0.1) is 6.20 Å². The molecule has 0 saturated carbocycles. The van der Waals surface area contributed by atoms with E-state index in [1.54, 1.807) is 24.3 Å². The summed E-state index contributed by atoms with van der Waals surface area (Å²) in [6, 6.07) is 7.05. The molecule has 0 aliphatic rings. The van der Waals surface area contributed by atoms with Crippen LogP contribution in [0.1, 0.15) is 10.4 Å². The molecule has 0 aliphatic heterocycles. The lowest BCUT2D eigenvalue weighted by atomic mass is 10.2. The first kappa shape index (κ1) is 13.6. The van der Waals surface area contributed by atoms with Gasteiger partial charge in [0.25, 0.3) is 5.91 Å². The summed E-state index contributed by atoms with van der Waals surface area (Å²) in [7, 11) is 0. The molecule has 2 aromatic rings. The van der Waals surface area contributed by atoms with E-state index in [0.717, 1.165) is 4.47 Å². The van der Waals surface area contributed by atoms with E-state index < -0.39 is 0 Å². The van der Waals surface area contributed by atoms with Crippen molar-refractivity contribution in [2.24, 2.45) is 0 Å². The van der Waals surface area contributed by atoms with E-state index in [2.05, 4.69) is 63.1 Å². The van der Waals surface area contributed by atoms with Crippen LogP contribution in [0.25, 0.3) is 0 Å². The normalized spacial score (nSPS) is 10.2. The molecule has 1 heterocycles. The molecule has 18 heavy (non-hydrogen) atoms. The number of nitrogens with zero attached hydrogens (tertiary/aromatic N) is 2. The Morgan fingerprint density at radius 2 is 1.78 bits per heavy atom. The van der Waals surface area contributed by atoms with E-state index in [-0.39, 0.29) is 5.91 Å². The molecular weight excluding hydrogens is 430 g/mol. The molecule has 1 amide bonds. The summed E-state index contributed by atoms with van der Waals surface area (Å²) < 4.78 is 1.99. The standard InChI is InChI=1S/C11H6Br3N3O/c12-7-3-1-6(2-4-7)11(18)17-10-9(14)16-8(13)5-15-10/h1-5H,(H,15,17,18). The molecule has 0 aliphatic carbocycles. The maximum atomic E-state index is 11.9. The van der Waals surface area contributed by atoms with Gasteiger partial charge in [-0.25, -0.2) is 9.97 Å². The number of hydrogen-bond acceptors (Lipinski definition) is 3. The lowest BCUT2D eigenvalue weighted by Gasteiger charge is -2.06. The number of rotatable bonds is 2. The fraction of sp³-hybridized carbons (Fsp3) is 0. The van der Waals surface area contributed by atoms with Crippen molar-refractivity contribution < 1.29 is 4.79 Å². The van der Waals surface area contributed by atoms with Crippen LogP contribution in [0.2, 0.25) is 0 Å². The highest BCUT2D eigenvalue weighted by molar-refractivity contribution is 9.11. The van der Waals surface area contributed by atoms with Crippen molar-refractivity contribution in [1.82, 2.24) is 9.97 Å². The summed E-state index contributed by atoms with van der Waals surface area (Å²) in [5, 5.41) is 2.68. The van der Waals surface area contributed by atoms with E-state index in [9.17, 15) is 4.79 Å². The minimum Gasteiger partial charge on any atom is -0.304 e. The Morgan fingerprint density at radius 1 is 1.11 bits per heavy atom. The van der Waals surface area contributed by atoms with Gasteiger partial charge in [0.1, 0.15) is 9.21 Å². The van der Waals surface area contributed by atoms with Gasteiger partial charge in [-0.15, -0.1) is 0 Å². The molecule has 4 nitrogen and oxygen atoms in total. The molecule has 0 unspecified atom stereocenters. The van der Waals surface area contributed by atoms with Crippen molar-refractivity contribution in [1.29, 1.82) is 0 Å². The lowest BCUT2D eigenvalue weighted by molar-refractivity contribution is 0.102. The van der Waals surface area contributed by atoms with Crippen LogP contribution < -0.4 is 5.32 Å². The summed E-state index contributed by atoms with van der Waals surface area (Å²) >= 11 is 9.74. The molecule has 7 heteroatoms.